The van der Waals surface area contributed by atoms with Crippen molar-refractivity contribution in [1.29, 1.82) is 0 Å². The van der Waals surface area contributed by atoms with E-state index < -0.39 is 0 Å². The number of para-hydroxylation sites is 2. The SMILES string of the molecule is Cc1cc(-c2nnc(C3CCCCC3)o2)cc(-n2c3ccccc3c3ccccc32)c1. The van der Waals surface area contributed by atoms with Gasteiger partial charge in [0.1, 0.15) is 0 Å². The standard InChI is InChI=1S/C27H25N3O/c1-18-15-20(27-29-28-26(31-27)19-9-3-2-4-10-19)17-21(16-18)30-24-13-7-5-11-22(24)23-12-6-8-14-25(23)30/h5-8,11-17,19H,2-4,9-10H2,1H3. The van der Waals surface area contributed by atoms with Gasteiger partial charge in [-0.05, 0) is 55.7 Å². The van der Waals surface area contributed by atoms with Crippen LogP contribution in [0.3, 0.4) is 0 Å². The Kier molecular flexibility index (Phi) is 4.37. The molecular formula is C27H25N3O. The van der Waals surface area contributed by atoms with Gasteiger partial charge < -0.3 is 8.98 Å². The van der Waals surface area contributed by atoms with E-state index in [1.54, 1.807) is 0 Å². The van der Waals surface area contributed by atoms with Crippen LogP contribution in [-0.4, -0.2) is 14.8 Å². The molecule has 0 spiro atoms. The molecule has 0 aliphatic heterocycles. The summed E-state index contributed by atoms with van der Waals surface area (Å²) in [5.74, 6) is 1.83. The highest BCUT2D eigenvalue weighted by Gasteiger charge is 2.22. The van der Waals surface area contributed by atoms with E-state index in [1.165, 1.54) is 46.6 Å². The van der Waals surface area contributed by atoms with Crippen LogP contribution in [0.4, 0.5) is 0 Å². The first-order valence-corrected chi connectivity index (χ1v) is 11.2. The van der Waals surface area contributed by atoms with Gasteiger partial charge in [-0.2, -0.15) is 0 Å². The van der Waals surface area contributed by atoms with Gasteiger partial charge >= 0.3 is 0 Å². The summed E-state index contributed by atoms with van der Waals surface area (Å²) in [6, 6.07) is 23.7. The lowest BCUT2D eigenvalue weighted by molar-refractivity contribution is 0.367. The molecule has 0 bridgehead atoms. The number of nitrogens with zero attached hydrogens (tertiary/aromatic N) is 3. The van der Waals surface area contributed by atoms with Gasteiger partial charge in [-0.15, -0.1) is 10.2 Å². The zero-order valence-corrected chi connectivity index (χ0v) is 17.7. The second kappa shape index (κ2) is 7.38. The molecule has 1 aliphatic rings. The molecule has 0 unspecified atom stereocenters. The van der Waals surface area contributed by atoms with Crippen molar-refractivity contribution < 1.29 is 4.42 Å². The number of aryl methyl sites for hydroxylation is 1. The Labute approximate surface area is 181 Å². The van der Waals surface area contributed by atoms with Crippen LogP contribution in [0, 0.1) is 6.92 Å². The number of fused-ring (bicyclic) bond motifs is 3. The van der Waals surface area contributed by atoms with Gasteiger partial charge in [-0.3, -0.25) is 0 Å². The normalized spacial score (nSPS) is 15.1. The van der Waals surface area contributed by atoms with Gasteiger partial charge in [0.25, 0.3) is 0 Å². The average molecular weight is 408 g/mol. The lowest BCUT2D eigenvalue weighted by Gasteiger charge is -2.17. The summed E-state index contributed by atoms with van der Waals surface area (Å²) in [4.78, 5) is 0. The Morgan fingerprint density at radius 3 is 2.19 bits per heavy atom. The first kappa shape index (κ1) is 18.4. The van der Waals surface area contributed by atoms with E-state index in [0.29, 0.717) is 11.8 Å². The van der Waals surface area contributed by atoms with Crippen molar-refractivity contribution in [3.05, 3.63) is 78.2 Å². The minimum absolute atomic E-state index is 0.414. The number of hydrogen-bond acceptors (Lipinski definition) is 3. The van der Waals surface area contributed by atoms with E-state index >= 15 is 0 Å². The van der Waals surface area contributed by atoms with Crippen molar-refractivity contribution >= 4 is 21.8 Å². The summed E-state index contributed by atoms with van der Waals surface area (Å²) >= 11 is 0. The van der Waals surface area contributed by atoms with E-state index in [1.807, 2.05) is 0 Å². The smallest absolute Gasteiger partial charge is 0.247 e. The van der Waals surface area contributed by atoms with E-state index in [4.69, 9.17) is 4.42 Å². The minimum atomic E-state index is 0.414. The highest BCUT2D eigenvalue weighted by Crippen LogP contribution is 2.35. The van der Waals surface area contributed by atoms with Gasteiger partial charge in [0, 0.05) is 27.9 Å². The molecule has 1 fully saturated rings. The van der Waals surface area contributed by atoms with Crippen molar-refractivity contribution in [3.8, 4) is 17.1 Å². The Bertz CT molecular complexity index is 1340. The third-order valence-electron chi connectivity index (χ3n) is 6.54. The first-order valence-electron chi connectivity index (χ1n) is 11.2. The van der Waals surface area contributed by atoms with Crippen LogP contribution in [0.2, 0.25) is 0 Å². The fourth-order valence-electron chi connectivity index (χ4n) is 5.08. The molecule has 5 aromatic rings. The largest absolute Gasteiger partial charge is 0.420 e. The zero-order chi connectivity index (χ0) is 20.8. The Morgan fingerprint density at radius 2 is 1.48 bits per heavy atom. The second-order valence-corrected chi connectivity index (χ2v) is 8.71. The van der Waals surface area contributed by atoms with Crippen molar-refractivity contribution in [2.75, 3.05) is 0 Å². The van der Waals surface area contributed by atoms with E-state index in [2.05, 4.69) is 88.4 Å². The van der Waals surface area contributed by atoms with E-state index in [9.17, 15) is 0 Å². The van der Waals surface area contributed by atoms with Crippen LogP contribution in [0.15, 0.2) is 71.1 Å². The summed E-state index contributed by atoms with van der Waals surface area (Å²) in [6.07, 6.45) is 6.14. The van der Waals surface area contributed by atoms with Crippen LogP contribution in [0.25, 0.3) is 38.9 Å². The van der Waals surface area contributed by atoms with Crippen molar-refractivity contribution in [3.63, 3.8) is 0 Å². The first-order chi connectivity index (χ1) is 15.3. The topological polar surface area (TPSA) is 43.9 Å². The molecule has 4 heteroatoms. The molecule has 6 rings (SSSR count). The molecule has 4 nitrogen and oxygen atoms in total. The molecule has 2 aromatic heterocycles. The molecule has 0 atom stereocenters. The number of rotatable bonds is 3. The average Bonchev–Trinajstić information content (AvgIpc) is 3.43. The van der Waals surface area contributed by atoms with Crippen LogP contribution in [0.1, 0.15) is 49.5 Å². The molecule has 2 heterocycles. The molecule has 1 aliphatic carbocycles. The van der Waals surface area contributed by atoms with Crippen molar-refractivity contribution in [2.45, 2.75) is 44.9 Å². The highest BCUT2D eigenvalue weighted by molar-refractivity contribution is 6.09. The molecular weight excluding hydrogens is 382 g/mol. The van der Waals surface area contributed by atoms with Crippen LogP contribution in [-0.2, 0) is 0 Å². The third-order valence-corrected chi connectivity index (χ3v) is 6.54. The Morgan fingerprint density at radius 1 is 0.806 bits per heavy atom. The molecule has 3 aromatic carbocycles. The second-order valence-electron chi connectivity index (χ2n) is 8.71. The number of hydrogen-bond donors (Lipinski definition) is 0. The predicted molar refractivity (Wildman–Crippen MR) is 125 cm³/mol. The maximum atomic E-state index is 6.18. The molecule has 0 radical (unpaired) electrons. The summed E-state index contributed by atoms with van der Waals surface area (Å²) in [7, 11) is 0. The van der Waals surface area contributed by atoms with E-state index in [-0.39, 0.29) is 0 Å². The summed E-state index contributed by atoms with van der Waals surface area (Å²) in [5, 5.41) is 11.4. The van der Waals surface area contributed by atoms with Gasteiger partial charge in [-0.1, -0.05) is 55.7 Å². The molecule has 0 N–H and O–H groups in total. The quantitative estimate of drug-likeness (QED) is 0.318. The molecule has 1 saturated carbocycles. The van der Waals surface area contributed by atoms with Gasteiger partial charge in [0.15, 0.2) is 0 Å². The highest BCUT2D eigenvalue weighted by atomic mass is 16.4. The number of aromatic nitrogens is 3. The maximum absolute atomic E-state index is 6.18. The summed E-state index contributed by atoms with van der Waals surface area (Å²) < 4.78 is 8.51. The predicted octanol–water partition coefficient (Wildman–Crippen LogP) is 7.19. The van der Waals surface area contributed by atoms with Crippen LogP contribution in [0.5, 0.6) is 0 Å². The van der Waals surface area contributed by atoms with E-state index in [0.717, 1.165) is 30.0 Å². The Hall–Kier alpha value is -3.40. The fourth-order valence-corrected chi connectivity index (χ4v) is 5.08. The van der Waals surface area contributed by atoms with Crippen LogP contribution < -0.4 is 0 Å². The van der Waals surface area contributed by atoms with Gasteiger partial charge in [0.2, 0.25) is 11.8 Å². The lowest BCUT2D eigenvalue weighted by atomic mass is 9.89. The van der Waals surface area contributed by atoms with Gasteiger partial charge in [-0.25, -0.2) is 0 Å². The maximum Gasteiger partial charge on any atom is 0.247 e. The molecule has 0 saturated heterocycles. The summed E-state index contributed by atoms with van der Waals surface area (Å²) in [5.41, 5.74) is 5.67. The third kappa shape index (κ3) is 3.14. The minimum Gasteiger partial charge on any atom is -0.420 e. The van der Waals surface area contributed by atoms with Crippen molar-refractivity contribution in [2.24, 2.45) is 0 Å². The number of benzene rings is 3. The molecule has 0 amide bonds. The monoisotopic (exact) mass is 407 g/mol. The molecule has 31 heavy (non-hydrogen) atoms. The van der Waals surface area contributed by atoms with Gasteiger partial charge in [0.05, 0.1) is 11.0 Å². The zero-order valence-electron chi connectivity index (χ0n) is 17.7. The Balaban J connectivity index is 1.49. The van der Waals surface area contributed by atoms with Crippen molar-refractivity contribution in [1.82, 2.24) is 14.8 Å². The summed E-state index contributed by atoms with van der Waals surface area (Å²) in [6.45, 7) is 2.12. The fraction of sp³-hybridized carbons (Fsp3) is 0.259. The molecule has 154 valence electrons. The lowest BCUT2D eigenvalue weighted by Crippen LogP contribution is -2.04. The van der Waals surface area contributed by atoms with Crippen LogP contribution >= 0.6 is 0 Å².